The summed E-state index contributed by atoms with van der Waals surface area (Å²) in [4.78, 5) is 20.7. The molecule has 0 aliphatic heterocycles. The molecule has 8 heteroatoms. The van der Waals surface area contributed by atoms with Crippen LogP contribution < -0.4 is 14.8 Å². The van der Waals surface area contributed by atoms with E-state index in [1.54, 1.807) is 36.5 Å². The van der Waals surface area contributed by atoms with Gasteiger partial charge in [-0.15, -0.1) is 0 Å². The summed E-state index contributed by atoms with van der Waals surface area (Å²) in [6.07, 6.45) is 4.51. The first-order valence-corrected chi connectivity index (χ1v) is 7.05. The third-order valence-corrected chi connectivity index (χ3v) is 3.28. The third-order valence-electron chi connectivity index (χ3n) is 3.28. The van der Waals surface area contributed by atoms with Gasteiger partial charge in [-0.25, -0.2) is 14.6 Å². The number of anilines is 1. The number of ether oxygens (including phenoxy) is 2. The van der Waals surface area contributed by atoms with Crippen LogP contribution in [0.3, 0.4) is 0 Å². The summed E-state index contributed by atoms with van der Waals surface area (Å²) in [5.74, 6) is 1.21. The minimum atomic E-state index is -0.318. The highest BCUT2D eigenvalue weighted by atomic mass is 16.5. The molecule has 1 aromatic carbocycles. The predicted octanol–water partition coefficient (Wildman–Crippen LogP) is 1.93. The Kier molecular flexibility index (Phi) is 4.37. The summed E-state index contributed by atoms with van der Waals surface area (Å²) in [7, 11) is 3.06. The van der Waals surface area contributed by atoms with E-state index in [0.717, 1.165) is 0 Å². The normalized spacial score (nSPS) is 10.2. The van der Waals surface area contributed by atoms with Gasteiger partial charge in [0.15, 0.2) is 5.82 Å². The largest absolute Gasteiger partial charge is 0.497 e. The number of aromatic nitrogens is 4. The molecule has 3 rings (SSSR count). The number of hydrogen-bond donors (Lipinski definition) is 1. The highest BCUT2D eigenvalue weighted by Crippen LogP contribution is 2.24. The second kappa shape index (κ2) is 6.78. The van der Waals surface area contributed by atoms with Crippen molar-refractivity contribution < 1.29 is 14.3 Å². The van der Waals surface area contributed by atoms with Gasteiger partial charge >= 0.3 is 0 Å². The molecule has 0 radical (unpaired) electrons. The van der Waals surface area contributed by atoms with Crippen LogP contribution >= 0.6 is 0 Å². The molecule has 8 nitrogen and oxygen atoms in total. The maximum Gasteiger partial charge on any atom is 0.256 e. The summed E-state index contributed by atoms with van der Waals surface area (Å²) in [5, 5.41) is 6.85. The summed E-state index contributed by atoms with van der Waals surface area (Å²) < 4.78 is 11.8. The van der Waals surface area contributed by atoms with Crippen molar-refractivity contribution >= 4 is 11.6 Å². The number of methoxy groups -OCH3 is 2. The van der Waals surface area contributed by atoms with Gasteiger partial charge in [0.25, 0.3) is 5.91 Å². The minimum absolute atomic E-state index is 0.318. The van der Waals surface area contributed by atoms with E-state index in [4.69, 9.17) is 9.47 Å². The molecule has 0 aliphatic carbocycles. The molecule has 2 aromatic heterocycles. The van der Waals surface area contributed by atoms with E-state index < -0.39 is 0 Å². The van der Waals surface area contributed by atoms with E-state index in [-0.39, 0.29) is 5.91 Å². The molecule has 0 unspecified atom stereocenters. The Balaban J connectivity index is 1.91. The summed E-state index contributed by atoms with van der Waals surface area (Å²) in [5.41, 5.74) is 0.911. The van der Waals surface area contributed by atoms with E-state index >= 15 is 0 Å². The van der Waals surface area contributed by atoms with E-state index in [2.05, 4.69) is 20.4 Å². The zero-order valence-corrected chi connectivity index (χ0v) is 13.1. The number of hydrogen-bond acceptors (Lipinski definition) is 6. The molecular weight excluding hydrogens is 310 g/mol. The Morgan fingerprint density at radius 1 is 1.17 bits per heavy atom. The van der Waals surface area contributed by atoms with Gasteiger partial charge in [-0.05, 0) is 24.3 Å². The van der Waals surface area contributed by atoms with Gasteiger partial charge in [0, 0.05) is 17.8 Å². The van der Waals surface area contributed by atoms with Gasteiger partial charge in [0.2, 0.25) is 0 Å². The summed E-state index contributed by atoms with van der Waals surface area (Å²) in [6.45, 7) is 0. The van der Waals surface area contributed by atoms with Crippen molar-refractivity contribution in [2.75, 3.05) is 19.5 Å². The zero-order valence-electron chi connectivity index (χ0n) is 13.1. The number of carbonyl (C=O) groups is 1. The Labute approximate surface area is 138 Å². The predicted molar refractivity (Wildman–Crippen MR) is 86.7 cm³/mol. The van der Waals surface area contributed by atoms with Gasteiger partial charge in [0.05, 0.1) is 19.9 Å². The fourth-order valence-corrected chi connectivity index (χ4v) is 2.13. The molecule has 0 atom stereocenters. The monoisotopic (exact) mass is 325 g/mol. The number of nitrogens with zero attached hydrogens (tertiary/aromatic N) is 4. The van der Waals surface area contributed by atoms with Gasteiger partial charge in [-0.1, -0.05) is 0 Å². The SMILES string of the molecule is COc1cc(OC)cc(C(=O)Nc2cccnc2-n2cncn2)c1. The maximum absolute atomic E-state index is 12.6. The quantitative estimate of drug-likeness (QED) is 0.771. The molecule has 122 valence electrons. The van der Waals surface area contributed by atoms with E-state index in [1.807, 2.05) is 0 Å². The van der Waals surface area contributed by atoms with E-state index in [0.29, 0.717) is 28.6 Å². The lowest BCUT2D eigenvalue weighted by Crippen LogP contribution is -2.15. The molecule has 0 spiro atoms. The first-order chi connectivity index (χ1) is 11.7. The Hall–Kier alpha value is -3.42. The number of benzene rings is 1. The van der Waals surface area contributed by atoms with Crippen LogP contribution in [0.25, 0.3) is 5.82 Å². The van der Waals surface area contributed by atoms with Gasteiger partial charge in [0.1, 0.15) is 24.2 Å². The summed E-state index contributed by atoms with van der Waals surface area (Å²) >= 11 is 0. The molecule has 1 N–H and O–H groups in total. The Morgan fingerprint density at radius 2 is 1.92 bits per heavy atom. The molecule has 0 saturated carbocycles. The second-order valence-corrected chi connectivity index (χ2v) is 4.77. The van der Waals surface area contributed by atoms with Gasteiger partial charge < -0.3 is 14.8 Å². The van der Waals surface area contributed by atoms with Crippen molar-refractivity contribution in [2.45, 2.75) is 0 Å². The van der Waals surface area contributed by atoms with Crippen molar-refractivity contribution in [3.8, 4) is 17.3 Å². The Bertz CT molecular complexity index is 826. The highest BCUT2D eigenvalue weighted by molar-refractivity contribution is 6.05. The first-order valence-electron chi connectivity index (χ1n) is 7.05. The van der Waals surface area contributed by atoms with Crippen LogP contribution in [0.5, 0.6) is 11.5 Å². The van der Waals surface area contributed by atoms with E-state index in [9.17, 15) is 4.79 Å². The molecule has 0 saturated heterocycles. The molecular formula is C16H15N5O3. The fraction of sp³-hybridized carbons (Fsp3) is 0.125. The topological polar surface area (TPSA) is 91.2 Å². The molecule has 0 aliphatic rings. The third kappa shape index (κ3) is 3.17. The van der Waals surface area contributed by atoms with Crippen molar-refractivity contribution in [1.29, 1.82) is 0 Å². The first kappa shape index (κ1) is 15.5. The molecule has 24 heavy (non-hydrogen) atoms. The average molecular weight is 325 g/mol. The molecule has 0 bridgehead atoms. The number of amides is 1. The zero-order chi connectivity index (χ0) is 16.9. The van der Waals surface area contributed by atoms with Crippen LogP contribution in [0.2, 0.25) is 0 Å². The Morgan fingerprint density at radius 3 is 2.54 bits per heavy atom. The number of carbonyl (C=O) groups excluding carboxylic acids is 1. The van der Waals surface area contributed by atoms with Crippen LogP contribution in [-0.2, 0) is 0 Å². The van der Waals surface area contributed by atoms with Crippen LogP contribution in [0, 0.1) is 0 Å². The standard InChI is InChI=1S/C16H15N5O3/c1-23-12-6-11(7-13(8-12)24-2)16(22)20-14-4-3-5-18-15(14)21-10-17-9-19-21/h3-10H,1-2H3,(H,20,22). The van der Waals surface area contributed by atoms with Crippen LogP contribution in [-0.4, -0.2) is 39.9 Å². The van der Waals surface area contributed by atoms with Crippen molar-refractivity contribution in [3.63, 3.8) is 0 Å². The average Bonchev–Trinajstić information content (AvgIpc) is 3.16. The minimum Gasteiger partial charge on any atom is -0.497 e. The van der Waals surface area contributed by atoms with Crippen molar-refractivity contribution in [3.05, 3.63) is 54.7 Å². The lowest BCUT2D eigenvalue weighted by atomic mass is 10.2. The van der Waals surface area contributed by atoms with Crippen LogP contribution in [0.15, 0.2) is 49.2 Å². The van der Waals surface area contributed by atoms with Gasteiger partial charge in [-0.2, -0.15) is 5.10 Å². The number of rotatable bonds is 5. The summed E-state index contributed by atoms with van der Waals surface area (Å²) in [6, 6.07) is 8.41. The molecule has 0 fully saturated rings. The molecule has 1 amide bonds. The number of nitrogens with one attached hydrogen (secondary N) is 1. The maximum atomic E-state index is 12.6. The molecule has 3 aromatic rings. The molecule has 2 heterocycles. The lowest BCUT2D eigenvalue weighted by Gasteiger charge is -2.11. The fourth-order valence-electron chi connectivity index (χ4n) is 2.13. The van der Waals surface area contributed by atoms with Crippen LogP contribution in [0.4, 0.5) is 5.69 Å². The van der Waals surface area contributed by atoms with Crippen molar-refractivity contribution in [2.24, 2.45) is 0 Å². The van der Waals surface area contributed by atoms with Gasteiger partial charge in [-0.3, -0.25) is 4.79 Å². The second-order valence-electron chi connectivity index (χ2n) is 4.77. The van der Waals surface area contributed by atoms with E-state index in [1.165, 1.54) is 31.6 Å². The highest BCUT2D eigenvalue weighted by Gasteiger charge is 2.13. The smallest absolute Gasteiger partial charge is 0.256 e. The lowest BCUT2D eigenvalue weighted by molar-refractivity contribution is 0.102. The van der Waals surface area contributed by atoms with Crippen molar-refractivity contribution in [1.82, 2.24) is 19.7 Å². The van der Waals surface area contributed by atoms with Crippen LogP contribution in [0.1, 0.15) is 10.4 Å². The number of pyridine rings is 1.